The van der Waals surface area contributed by atoms with E-state index in [1.807, 2.05) is 32.9 Å². The van der Waals surface area contributed by atoms with E-state index in [2.05, 4.69) is 0 Å². The molecule has 3 aliphatic heterocycles. The Morgan fingerprint density at radius 3 is 2.27 bits per heavy atom. The first-order chi connectivity index (χ1) is 28.4. The lowest BCUT2D eigenvalue weighted by Gasteiger charge is -2.47. The van der Waals surface area contributed by atoms with E-state index in [-0.39, 0.29) is 56.0 Å². The number of esters is 1. The summed E-state index contributed by atoms with van der Waals surface area (Å²) in [7, 11) is 3.02. The van der Waals surface area contributed by atoms with Crippen molar-refractivity contribution in [3.63, 3.8) is 0 Å². The number of carboxylic acid groups (broad SMARTS) is 1. The molecular formula is C46H71NO13. The zero-order chi connectivity index (χ0) is 44.3. The van der Waals surface area contributed by atoms with E-state index in [0.717, 1.165) is 18.4 Å². The molecule has 11 atom stereocenters. The molecule has 4 rings (SSSR count). The summed E-state index contributed by atoms with van der Waals surface area (Å²) in [4.78, 5) is 69.2. The van der Waals surface area contributed by atoms with Crippen LogP contribution in [0.5, 0.6) is 0 Å². The number of fused-ring (bicyclic) bond motifs is 3. The van der Waals surface area contributed by atoms with Gasteiger partial charge in [0, 0.05) is 51.4 Å². The number of aliphatic hydroxyl groups is 3. The van der Waals surface area contributed by atoms with Gasteiger partial charge in [-0.2, -0.15) is 0 Å². The number of aliphatic hydroxyl groups excluding tert-OH is 2. The molecule has 0 unspecified atom stereocenters. The van der Waals surface area contributed by atoms with Gasteiger partial charge in [0.2, 0.25) is 5.79 Å². The van der Waals surface area contributed by atoms with Crippen molar-refractivity contribution in [2.75, 3.05) is 20.8 Å². The summed E-state index contributed by atoms with van der Waals surface area (Å²) >= 11 is 0. The van der Waals surface area contributed by atoms with Gasteiger partial charge in [-0.25, -0.2) is 4.79 Å². The Labute approximate surface area is 355 Å². The van der Waals surface area contributed by atoms with Crippen LogP contribution in [0.3, 0.4) is 0 Å². The molecule has 0 aromatic heterocycles. The number of hydrogen-bond donors (Lipinski definition) is 4. The molecule has 1 aliphatic carbocycles. The summed E-state index contributed by atoms with van der Waals surface area (Å²) in [6, 6.07) is -1.15. The first kappa shape index (κ1) is 49.4. The van der Waals surface area contributed by atoms with Gasteiger partial charge in [0.05, 0.1) is 24.4 Å². The minimum absolute atomic E-state index is 0.0427. The monoisotopic (exact) mass is 845 g/mol. The number of hydrogen-bond acceptors (Lipinski definition) is 12. The fourth-order valence-corrected chi connectivity index (χ4v) is 9.53. The van der Waals surface area contributed by atoms with E-state index < -0.39 is 83.7 Å². The molecule has 0 radical (unpaired) electrons. The summed E-state index contributed by atoms with van der Waals surface area (Å²) in [5.74, 6) is -8.88. The second-order valence-corrected chi connectivity index (χ2v) is 18.0. The van der Waals surface area contributed by atoms with Crippen LogP contribution in [0.2, 0.25) is 0 Å². The highest BCUT2D eigenvalue weighted by Crippen LogP contribution is 2.39. The molecule has 4 N–H and O–H groups in total. The Balaban J connectivity index is 1.78. The number of methoxy groups -OCH3 is 2. The Kier molecular flexibility index (Phi) is 18.7. The normalized spacial score (nSPS) is 38.4. The molecule has 0 aromatic rings. The van der Waals surface area contributed by atoms with Gasteiger partial charge in [0.15, 0.2) is 0 Å². The lowest BCUT2D eigenvalue weighted by molar-refractivity contribution is -0.302. The maximum atomic E-state index is 14.3. The standard InChI is InChI=1S/C46H71NO13/c1-27-21-28(2)23-38(57-6)42-39(58-7)25-30(4)46(56,60-42)43(53)44(54)47-20-12-11-14-35(47)45(55)59-41(29(3)24-32-16-18-34(48)19-17-32)31(5)36(49)26-37(50)33(22-27)13-9-8-10-15-40(51)52/h8-9,22,24,28,30-36,38-39,41-42,48-49,56H,10-21,23,25-26H2,1-7H3,(H,51,52)/b9-8+,27-22+,29-24+/t28-,30+,31+,32?,33+,34?,35-,36-,38-,39-,41+,42+,46+/m0/s1. The van der Waals surface area contributed by atoms with E-state index in [9.17, 15) is 39.3 Å². The summed E-state index contributed by atoms with van der Waals surface area (Å²) in [5.41, 5.74) is 1.57. The number of aliphatic carboxylic acids is 1. The third-order valence-electron chi connectivity index (χ3n) is 13.2. The number of carbonyl (C=O) groups is 5. The molecule has 4 aliphatic rings. The minimum atomic E-state index is -2.53. The second kappa shape index (κ2) is 22.7. The van der Waals surface area contributed by atoms with Crippen LogP contribution in [0.25, 0.3) is 0 Å². The van der Waals surface area contributed by atoms with Crippen LogP contribution in [0.15, 0.2) is 35.5 Å². The van der Waals surface area contributed by atoms with Crippen molar-refractivity contribution < 1.29 is 63.3 Å². The van der Waals surface area contributed by atoms with Crippen molar-refractivity contribution in [2.24, 2.45) is 29.6 Å². The number of ketones is 2. The average Bonchev–Trinajstić information content (AvgIpc) is 3.21. The van der Waals surface area contributed by atoms with E-state index >= 15 is 0 Å². The summed E-state index contributed by atoms with van der Waals surface area (Å²) in [6.45, 7) is 9.16. The van der Waals surface area contributed by atoms with E-state index in [4.69, 9.17) is 24.1 Å². The highest BCUT2D eigenvalue weighted by Gasteiger charge is 2.56. The lowest BCUT2D eigenvalue weighted by atomic mass is 9.82. The van der Waals surface area contributed by atoms with Crippen LogP contribution < -0.4 is 0 Å². The number of ether oxygens (including phenoxy) is 4. The molecule has 2 saturated heterocycles. The number of amides is 1. The van der Waals surface area contributed by atoms with Gasteiger partial charge >= 0.3 is 11.9 Å². The molecule has 0 spiro atoms. The molecule has 3 heterocycles. The Morgan fingerprint density at radius 1 is 0.950 bits per heavy atom. The van der Waals surface area contributed by atoms with Gasteiger partial charge < -0.3 is 44.3 Å². The maximum Gasteiger partial charge on any atom is 0.329 e. The largest absolute Gasteiger partial charge is 0.481 e. The first-order valence-corrected chi connectivity index (χ1v) is 22.0. The van der Waals surface area contributed by atoms with Crippen molar-refractivity contribution in [1.82, 2.24) is 4.90 Å². The van der Waals surface area contributed by atoms with E-state index in [1.54, 1.807) is 26.0 Å². The number of Topliss-reactive ketones (excluding diaryl/α,β-unsaturated/α-hetero) is 2. The van der Waals surface area contributed by atoms with Crippen molar-refractivity contribution >= 4 is 29.4 Å². The molecule has 338 valence electrons. The number of nitrogens with zero attached hydrogens (tertiary/aromatic N) is 1. The van der Waals surface area contributed by atoms with Gasteiger partial charge in [-0.1, -0.05) is 50.6 Å². The molecule has 0 aromatic carbocycles. The van der Waals surface area contributed by atoms with Crippen molar-refractivity contribution in [3.05, 3.63) is 35.5 Å². The second-order valence-electron chi connectivity index (χ2n) is 18.0. The zero-order valence-corrected chi connectivity index (χ0v) is 36.8. The highest BCUT2D eigenvalue weighted by molar-refractivity contribution is 6.39. The first-order valence-electron chi connectivity index (χ1n) is 22.0. The van der Waals surface area contributed by atoms with Gasteiger partial charge in [-0.05, 0) is 108 Å². The lowest BCUT2D eigenvalue weighted by Crippen LogP contribution is -2.64. The topological polar surface area (TPSA) is 206 Å². The number of carboxylic acids is 1. The molecule has 1 amide bonds. The predicted molar refractivity (Wildman–Crippen MR) is 222 cm³/mol. The molecule has 14 nitrogen and oxygen atoms in total. The SMILES string of the molecule is CO[C@H]1C[C@@H](C)C/C(C)=C/[C@@H](C/C=C/CCC(=O)O)C(=O)C[C@H](O)[C@@H](C)[C@@H](/C(C)=C/C2CCC(O)CC2)OC(=O)[C@@H]2CCCCN2C(=O)C(=O)[C@]2(O)O[C@H]1[C@@H](OC)C[C@H]2C. The molecular weight excluding hydrogens is 774 g/mol. The molecule has 2 bridgehead atoms. The van der Waals surface area contributed by atoms with E-state index in [0.29, 0.717) is 56.9 Å². The van der Waals surface area contributed by atoms with Crippen LogP contribution in [0.1, 0.15) is 125 Å². The Morgan fingerprint density at radius 2 is 1.62 bits per heavy atom. The van der Waals surface area contributed by atoms with Gasteiger partial charge in [0.1, 0.15) is 24.0 Å². The maximum absolute atomic E-state index is 14.3. The highest BCUT2D eigenvalue weighted by atomic mass is 16.7. The third kappa shape index (κ3) is 12.9. The van der Waals surface area contributed by atoms with Crippen molar-refractivity contribution in [2.45, 2.75) is 173 Å². The Hall–Kier alpha value is -3.27. The summed E-state index contributed by atoms with van der Waals surface area (Å²) in [6.07, 6.45) is 8.15. The molecule has 14 heteroatoms. The van der Waals surface area contributed by atoms with Crippen LogP contribution in [0.4, 0.5) is 0 Å². The predicted octanol–water partition coefficient (Wildman–Crippen LogP) is 5.25. The number of allylic oxidation sites excluding steroid dienone is 5. The van der Waals surface area contributed by atoms with Crippen molar-refractivity contribution in [1.29, 1.82) is 0 Å². The smallest absolute Gasteiger partial charge is 0.329 e. The Bertz CT molecular complexity index is 1580. The number of cyclic esters (lactones) is 1. The van der Waals surface area contributed by atoms with Crippen LogP contribution >= 0.6 is 0 Å². The average molecular weight is 846 g/mol. The molecule has 60 heavy (non-hydrogen) atoms. The number of carbonyl (C=O) groups excluding carboxylic acids is 4. The van der Waals surface area contributed by atoms with Gasteiger partial charge in [-0.15, -0.1) is 0 Å². The number of piperidine rings is 1. The molecule has 1 saturated carbocycles. The zero-order valence-electron chi connectivity index (χ0n) is 36.8. The van der Waals surface area contributed by atoms with Crippen LogP contribution in [-0.4, -0.2) is 124 Å². The fraction of sp³-hybridized carbons (Fsp3) is 0.761. The van der Waals surface area contributed by atoms with Gasteiger partial charge in [-0.3, -0.25) is 19.2 Å². The van der Waals surface area contributed by atoms with Crippen LogP contribution in [-0.2, 0) is 42.9 Å². The van der Waals surface area contributed by atoms with Crippen LogP contribution in [0, 0.1) is 29.6 Å². The van der Waals surface area contributed by atoms with Crippen molar-refractivity contribution in [3.8, 4) is 0 Å². The third-order valence-corrected chi connectivity index (χ3v) is 13.2. The van der Waals surface area contributed by atoms with Gasteiger partial charge in [0.25, 0.3) is 11.7 Å². The summed E-state index contributed by atoms with van der Waals surface area (Å²) in [5, 5.41) is 43.1. The molecule has 3 fully saturated rings. The fourth-order valence-electron chi connectivity index (χ4n) is 9.53. The summed E-state index contributed by atoms with van der Waals surface area (Å²) < 4.78 is 24.2. The number of rotatable bonds is 9. The minimum Gasteiger partial charge on any atom is -0.481 e. The quantitative estimate of drug-likeness (QED) is 0.133. The van der Waals surface area contributed by atoms with E-state index in [1.165, 1.54) is 19.1 Å².